The highest BCUT2D eigenvalue weighted by molar-refractivity contribution is 9.10. The summed E-state index contributed by atoms with van der Waals surface area (Å²) in [4.78, 5) is 11.8. The molecule has 8 heteroatoms. The molecule has 0 atom stereocenters. The van der Waals surface area contributed by atoms with Gasteiger partial charge in [-0.3, -0.25) is 4.79 Å². The third-order valence-corrected chi connectivity index (χ3v) is 4.59. The first-order valence-corrected chi connectivity index (χ1v) is 8.61. The Morgan fingerprint density at radius 3 is 2.42 bits per heavy atom. The van der Waals surface area contributed by atoms with Gasteiger partial charge in [0.1, 0.15) is 11.5 Å². The first-order valence-electron chi connectivity index (χ1n) is 7.82. The van der Waals surface area contributed by atoms with Crippen molar-refractivity contribution in [3.8, 4) is 11.5 Å². The fourth-order valence-electron chi connectivity index (χ4n) is 2.43. The average Bonchev–Trinajstić information content (AvgIpc) is 2.55. The van der Waals surface area contributed by atoms with Gasteiger partial charge in [-0.1, -0.05) is 40.2 Å². The molecule has 0 spiro atoms. The summed E-state index contributed by atoms with van der Waals surface area (Å²) in [6.45, 7) is 0.126. The molecule has 1 heterocycles. The van der Waals surface area contributed by atoms with Gasteiger partial charge in [-0.2, -0.15) is 13.2 Å². The maximum absolute atomic E-state index is 12.3. The molecule has 4 nitrogen and oxygen atoms in total. The van der Waals surface area contributed by atoms with Crippen LogP contribution in [0.15, 0.2) is 53.0 Å². The molecule has 26 heavy (non-hydrogen) atoms. The van der Waals surface area contributed by atoms with E-state index in [9.17, 15) is 18.0 Å². The molecular formula is C18H15BrF3NO3. The molecule has 3 rings (SSSR count). The molecule has 1 aliphatic rings. The van der Waals surface area contributed by atoms with Gasteiger partial charge >= 0.3 is 12.1 Å². The van der Waals surface area contributed by atoms with Crippen molar-refractivity contribution in [2.75, 3.05) is 13.1 Å². The van der Waals surface area contributed by atoms with Gasteiger partial charge in [-0.15, -0.1) is 0 Å². The molecule has 2 aromatic rings. The number of nitrogens with zero attached hydrogens (tertiary/aromatic N) is 1. The van der Waals surface area contributed by atoms with Crippen molar-refractivity contribution in [3.05, 3.63) is 58.6 Å². The van der Waals surface area contributed by atoms with Crippen molar-refractivity contribution < 1.29 is 27.4 Å². The molecule has 1 fully saturated rings. The van der Waals surface area contributed by atoms with E-state index in [1.165, 1.54) is 0 Å². The molecule has 2 aromatic carbocycles. The maximum Gasteiger partial charge on any atom is 0.471 e. The first kappa shape index (κ1) is 18.7. The van der Waals surface area contributed by atoms with E-state index < -0.39 is 18.2 Å². The Bertz CT molecular complexity index is 777. The minimum atomic E-state index is -4.83. The number of para-hydroxylation sites is 1. The lowest BCUT2D eigenvalue weighted by molar-refractivity contribution is -0.196. The summed E-state index contributed by atoms with van der Waals surface area (Å²) in [5, 5.41) is 0. The quantitative estimate of drug-likeness (QED) is 0.700. The van der Waals surface area contributed by atoms with Gasteiger partial charge in [0.2, 0.25) is 0 Å². The highest BCUT2D eigenvalue weighted by Crippen LogP contribution is 2.29. The number of benzene rings is 2. The Labute approximate surface area is 156 Å². The number of alkyl halides is 3. The summed E-state index contributed by atoms with van der Waals surface area (Å²) >= 11 is 3.44. The van der Waals surface area contributed by atoms with Crippen molar-refractivity contribution >= 4 is 21.8 Å². The first-order chi connectivity index (χ1) is 12.3. The van der Waals surface area contributed by atoms with Gasteiger partial charge < -0.3 is 14.4 Å². The molecule has 0 aromatic heterocycles. The number of halogens is 4. The molecule has 1 saturated heterocycles. The molecule has 0 N–H and O–H groups in total. The van der Waals surface area contributed by atoms with Crippen LogP contribution < -0.4 is 4.74 Å². The second-order valence-electron chi connectivity index (χ2n) is 5.81. The van der Waals surface area contributed by atoms with Crippen LogP contribution in [0.4, 0.5) is 13.2 Å². The molecule has 0 radical (unpaired) electrons. The minimum Gasteiger partial charge on any atom is -0.457 e. The molecule has 0 bridgehead atoms. The van der Waals surface area contributed by atoms with Gasteiger partial charge in [-0.25, -0.2) is 0 Å². The van der Waals surface area contributed by atoms with Crippen LogP contribution in [0.3, 0.4) is 0 Å². The zero-order valence-electron chi connectivity index (χ0n) is 13.5. The van der Waals surface area contributed by atoms with Gasteiger partial charge in [-0.05, 0) is 29.8 Å². The highest BCUT2D eigenvalue weighted by atomic mass is 79.9. The largest absolute Gasteiger partial charge is 0.471 e. The molecule has 1 aliphatic heterocycles. The van der Waals surface area contributed by atoms with Crippen LogP contribution in [-0.4, -0.2) is 36.2 Å². The van der Waals surface area contributed by atoms with Crippen molar-refractivity contribution in [3.63, 3.8) is 0 Å². The van der Waals surface area contributed by atoms with E-state index in [-0.39, 0.29) is 19.7 Å². The van der Waals surface area contributed by atoms with Crippen molar-refractivity contribution in [1.29, 1.82) is 0 Å². The molecule has 1 amide bonds. The smallest absolute Gasteiger partial charge is 0.457 e. The fraction of sp³-hybridized carbons (Fsp3) is 0.278. The van der Waals surface area contributed by atoms with Crippen LogP contribution in [0.2, 0.25) is 0 Å². The molecule has 138 valence electrons. The predicted octanol–water partition coefficient (Wildman–Crippen LogP) is 4.53. The van der Waals surface area contributed by atoms with E-state index >= 15 is 0 Å². The van der Waals surface area contributed by atoms with E-state index in [1.807, 2.05) is 36.4 Å². The molecule has 0 saturated carbocycles. The normalized spacial score (nSPS) is 14.8. The number of rotatable bonds is 5. The number of hydrogen-bond acceptors (Lipinski definition) is 3. The van der Waals surface area contributed by atoms with Crippen LogP contribution >= 0.6 is 15.9 Å². The second-order valence-corrected chi connectivity index (χ2v) is 6.66. The number of carbonyl (C=O) groups is 1. The van der Waals surface area contributed by atoms with Gasteiger partial charge in [0.15, 0.2) is 0 Å². The summed E-state index contributed by atoms with van der Waals surface area (Å²) < 4.78 is 48.9. The number of likely N-dealkylation sites (tertiary alicyclic amines) is 1. The van der Waals surface area contributed by atoms with E-state index in [0.29, 0.717) is 11.5 Å². The molecular weight excluding hydrogens is 415 g/mol. The third kappa shape index (κ3) is 4.56. The highest BCUT2D eigenvalue weighted by Gasteiger charge is 2.46. The Morgan fingerprint density at radius 1 is 1.12 bits per heavy atom. The molecule has 0 aliphatic carbocycles. The standard InChI is InChI=1S/C18H15BrF3NO3/c19-16-8-14(26-13-4-2-1-3-5-13)7-6-12(16)11-25-15-9-23(10-15)17(24)18(20,21)22/h1-8,15H,9-11H2. The van der Waals surface area contributed by atoms with Crippen molar-refractivity contribution in [2.45, 2.75) is 18.9 Å². The van der Waals surface area contributed by atoms with Crippen LogP contribution in [0, 0.1) is 0 Å². The average molecular weight is 430 g/mol. The summed E-state index contributed by atoms with van der Waals surface area (Å²) in [5.74, 6) is -0.453. The zero-order valence-corrected chi connectivity index (χ0v) is 15.1. The van der Waals surface area contributed by atoms with Gasteiger partial charge in [0, 0.05) is 17.6 Å². The predicted molar refractivity (Wildman–Crippen MR) is 91.9 cm³/mol. The molecule has 0 unspecified atom stereocenters. The topological polar surface area (TPSA) is 38.8 Å². The van der Waals surface area contributed by atoms with Gasteiger partial charge in [0.05, 0.1) is 12.7 Å². The van der Waals surface area contributed by atoms with E-state index in [2.05, 4.69) is 15.9 Å². The summed E-state index contributed by atoms with van der Waals surface area (Å²) in [7, 11) is 0. The summed E-state index contributed by atoms with van der Waals surface area (Å²) in [6, 6.07) is 14.7. The third-order valence-electron chi connectivity index (χ3n) is 3.86. The Hall–Kier alpha value is -2.06. The summed E-state index contributed by atoms with van der Waals surface area (Å²) in [5.41, 5.74) is 0.839. The Kier molecular flexibility index (Phi) is 5.52. The van der Waals surface area contributed by atoms with Crippen LogP contribution in [0.5, 0.6) is 11.5 Å². The summed E-state index contributed by atoms with van der Waals surface area (Å²) in [6.07, 6.45) is -5.23. The number of hydrogen-bond donors (Lipinski definition) is 0. The second kappa shape index (κ2) is 7.67. The monoisotopic (exact) mass is 429 g/mol. The fourth-order valence-corrected chi connectivity index (χ4v) is 2.90. The van der Waals surface area contributed by atoms with Crippen LogP contribution in [0.1, 0.15) is 5.56 Å². The Morgan fingerprint density at radius 2 is 1.81 bits per heavy atom. The minimum absolute atomic E-state index is 0.0504. The maximum atomic E-state index is 12.3. The lowest BCUT2D eigenvalue weighted by atomic mass is 10.1. The lowest BCUT2D eigenvalue weighted by Gasteiger charge is -2.39. The van der Waals surface area contributed by atoms with Crippen LogP contribution in [0.25, 0.3) is 0 Å². The van der Waals surface area contributed by atoms with E-state index in [1.54, 1.807) is 12.1 Å². The lowest BCUT2D eigenvalue weighted by Crippen LogP contribution is -2.58. The van der Waals surface area contributed by atoms with Crippen molar-refractivity contribution in [1.82, 2.24) is 4.90 Å². The van der Waals surface area contributed by atoms with Crippen LogP contribution in [-0.2, 0) is 16.1 Å². The number of amides is 1. The van der Waals surface area contributed by atoms with E-state index in [0.717, 1.165) is 14.9 Å². The zero-order chi connectivity index (χ0) is 18.7. The van der Waals surface area contributed by atoms with E-state index in [4.69, 9.17) is 9.47 Å². The number of ether oxygens (including phenoxy) is 2. The Balaban J connectivity index is 1.50. The van der Waals surface area contributed by atoms with Crippen molar-refractivity contribution in [2.24, 2.45) is 0 Å². The SMILES string of the molecule is O=C(N1CC(OCc2ccc(Oc3ccccc3)cc2Br)C1)C(F)(F)F. The number of carbonyl (C=O) groups excluding carboxylic acids is 1. The van der Waals surface area contributed by atoms with Gasteiger partial charge in [0.25, 0.3) is 0 Å².